The van der Waals surface area contributed by atoms with Crippen LogP contribution in [0.15, 0.2) is 41.5 Å². The van der Waals surface area contributed by atoms with Gasteiger partial charge >= 0.3 is 0 Å². The molecule has 4 rings (SSSR count). The molecule has 2 aromatic rings. The average Bonchev–Trinajstić information content (AvgIpc) is 2.99. The van der Waals surface area contributed by atoms with E-state index >= 15 is 0 Å². The maximum atomic E-state index is 12.9. The molecule has 0 bridgehead atoms. The number of aromatic nitrogens is 3. The molecule has 156 valence electrons. The molecular formula is C19H25N5O4S. The van der Waals surface area contributed by atoms with Gasteiger partial charge in [-0.3, -0.25) is 9.78 Å². The van der Waals surface area contributed by atoms with Gasteiger partial charge in [0, 0.05) is 37.1 Å². The Labute approximate surface area is 169 Å². The van der Waals surface area contributed by atoms with Crippen LogP contribution in [0, 0.1) is 0 Å². The van der Waals surface area contributed by atoms with Gasteiger partial charge in [0.15, 0.2) is 0 Å². The van der Waals surface area contributed by atoms with E-state index in [2.05, 4.69) is 14.8 Å². The first-order valence-corrected chi connectivity index (χ1v) is 11.3. The van der Waals surface area contributed by atoms with E-state index in [1.54, 1.807) is 24.5 Å². The fourth-order valence-corrected chi connectivity index (χ4v) is 5.27. The van der Waals surface area contributed by atoms with E-state index in [4.69, 9.17) is 4.74 Å². The summed E-state index contributed by atoms with van der Waals surface area (Å²) in [6, 6.07) is 5.66. The zero-order chi connectivity index (χ0) is 20.3. The molecule has 0 radical (unpaired) electrons. The molecule has 4 heterocycles. The van der Waals surface area contributed by atoms with E-state index in [0.717, 1.165) is 31.2 Å². The second-order valence-electron chi connectivity index (χ2n) is 7.39. The third kappa shape index (κ3) is 4.55. The van der Waals surface area contributed by atoms with Crippen molar-refractivity contribution >= 4 is 10.2 Å². The first kappa shape index (κ1) is 20.1. The second-order valence-corrected chi connectivity index (χ2v) is 9.09. The van der Waals surface area contributed by atoms with Crippen LogP contribution in [-0.4, -0.2) is 59.8 Å². The summed E-state index contributed by atoms with van der Waals surface area (Å²) in [5, 5.41) is 4.47. The number of hydrogen-bond donors (Lipinski definition) is 1. The number of pyridine rings is 1. The normalized spacial score (nSPS) is 23.7. The predicted molar refractivity (Wildman–Crippen MR) is 107 cm³/mol. The van der Waals surface area contributed by atoms with Crippen LogP contribution in [-0.2, 0) is 14.9 Å². The van der Waals surface area contributed by atoms with Gasteiger partial charge in [0.05, 0.1) is 31.0 Å². The van der Waals surface area contributed by atoms with Gasteiger partial charge in [-0.1, -0.05) is 12.8 Å². The molecule has 1 N–H and O–H groups in total. The van der Waals surface area contributed by atoms with Gasteiger partial charge in [0.1, 0.15) is 0 Å². The summed E-state index contributed by atoms with van der Waals surface area (Å²) in [6.45, 7) is 1.45. The van der Waals surface area contributed by atoms with Crippen molar-refractivity contribution in [2.75, 3.05) is 26.3 Å². The van der Waals surface area contributed by atoms with Crippen LogP contribution in [0.5, 0.6) is 0 Å². The van der Waals surface area contributed by atoms with Gasteiger partial charge in [0.25, 0.3) is 15.8 Å². The van der Waals surface area contributed by atoms with E-state index in [9.17, 15) is 13.2 Å². The van der Waals surface area contributed by atoms with E-state index < -0.39 is 22.3 Å². The summed E-state index contributed by atoms with van der Waals surface area (Å²) in [7, 11) is -3.66. The van der Waals surface area contributed by atoms with Crippen LogP contribution in [0.2, 0.25) is 0 Å². The van der Waals surface area contributed by atoms with Crippen molar-refractivity contribution in [3.8, 4) is 11.3 Å². The van der Waals surface area contributed by atoms with Crippen molar-refractivity contribution in [1.29, 1.82) is 0 Å². The Morgan fingerprint density at radius 1 is 1.07 bits per heavy atom. The third-order valence-corrected chi connectivity index (χ3v) is 7.00. The lowest BCUT2D eigenvalue weighted by molar-refractivity contribution is 0.181. The lowest BCUT2D eigenvalue weighted by Gasteiger charge is -2.25. The topological polar surface area (TPSA) is 106 Å². The summed E-state index contributed by atoms with van der Waals surface area (Å²) in [5.41, 5.74) is 1.08. The van der Waals surface area contributed by atoms with E-state index in [-0.39, 0.29) is 18.8 Å². The van der Waals surface area contributed by atoms with Crippen molar-refractivity contribution in [3.05, 3.63) is 47.0 Å². The molecule has 0 amide bonds. The number of ether oxygens (including phenoxy) is 1. The van der Waals surface area contributed by atoms with Gasteiger partial charge in [-0.15, -0.1) is 0 Å². The summed E-state index contributed by atoms with van der Waals surface area (Å²) in [4.78, 5) is 16.6. The Morgan fingerprint density at radius 2 is 1.86 bits per heavy atom. The van der Waals surface area contributed by atoms with Crippen LogP contribution >= 0.6 is 0 Å². The molecule has 0 spiro atoms. The van der Waals surface area contributed by atoms with Crippen LogP contribution in [0.3, 0.4) is 0 Å². The molecule has 2 aromatic heterocycles. The third-order valence-electron chi connectivity index (χ3n) is 5.35. The second kappa shape index (κ2) is 8.70. The maximum absolute atomic E-state index is 12.9. The zero-order valence-electron chi connectivity index (χ0n) is 16.1. The first-order valence-electron chi connectivity index (χ1n) is 9.90. The lowest BCUT2D eigenvalue weighted by atomic mass is 10.2. The predicted octanol–water partition coefficient (Wildman–Crippen LogP) is 0.956. The Kier molecular flexibility index (Phi) is 6.04. The monoisotopic (exact) mass is 419 g/mol. The fraction of sp³-hybridized carbons (Fsp3) is 0.526. The van der Waals surface area contributed by atoms with Gasteiger partial charge < -0.3 is 4.74 Å². The van der Waals surface area contributed by atoms with E-state index in [1.165, 1.54) is 15.1 Å². The van der Waals surface area contributed by atoms with Crippen LogP contribution < -0.4 is 10.3 Å². The van der Waals surface area contributed by atoms with Crippen molar-refractivity contribution in [1.82, 2.24) is 23.8 Å². The highest BCUT2D eigenvalue weighted by Gasteiger charge is 2.36. The lowest BCUT2D eigenvalue weighted by Crippen LogP contribution is -2.49. The molecule has 10 heteroatoms. The van der Waals surface area contributed by atoms with Crippen LogP contribution in [0.25, 0.3) is 11.3 Å². The highest BCUT2D eigenvalue weighted by molar-refractivity contribution is 7.87. The highest BCUT2D eigenvalue weighted by atomic mass is 32.2. The maximum Gasteiger partial charge on any atom is 0.279 e. The van der Waals surface area contributed by atoms with Crippen molar-refractivity contribution in [2.45, 2.75) is 37.8 Å². The molecule has 0 saturated carbocycles. The number of hydrogen-bond acceptors (Lipinski definition) is 6. The van der Waals surface area contributed by atoms with Crippen LogP contribution in [0.4, 0.5) is 0 Å². The molecule has 2 unspecified atom stereocenters. The summed E-state index contributed by atoms with van der Waals surface area (Å²) >= 11 is 0. The fourth-order valence-electron chi connectivity index (χ4n) is 3.78. The SMILES string of the molecule is O=c1ccc(-c2cccnc2)nn1C1COCC1NS(=O)(=O)N1CCCCCC1. The first-order chi connectivity index (χ1) is 14.0. The highest BCUT2D eigenvalue weighted by Crippen LogP contribution is 2.21. The molecule has 2 aliphatic rings. The molecule has 0 aromatic carbocycles. The molecule has 9 nitrogen and oxygen atoms in total. The Hall–Kier alpha value is -2.14. The number of rotatable bonds is 5. The quantitative estimate of drug-likeness (QED) is 0.774. The molecule has 2 saturated heterocycles. The van der Waals surface area contributed by atoms with Crippen molar-refractivity contribution in [3.63, 3.8) is 0 Å². The van der Waals surface area contributed by atoms with E-state index in [1.807, 2.05) is 6.07 Å². The van der Waals surface area contributed by atoms with Gasteiger partial charge in [-0.05, 0) is 31.0 Å². The Morgan fingerprint density at radius 3 is 2.59 bits per heavy atom. The number of nitrogens with zero attached hydrogens (tertiary/aromatic N) is 4. The zero-order valence-corrected chi connectivity index (χ0v) is 16.9. The minimum absolute atomic E-state index is 0.197. The minimum atomic E-state index is -3.66. The van der Waals surface area contributed by atoms with E-state index in [0.29, 0.717) is 18.8 Å². The number of nitrogens with one attached hydrogen (secondary N) is 1. The smallest absolute Gasteiger partial charge is 0.279 e. The molecule has 0 aliphatic carbocycles. The molecule has 2 fully saturated rings. The van der Waals surface area contributed by atoms with Crippen molar-refractivity contribution in [2.24, 2.45) is 0 Å². The summed E-state index contributed by atoms with van der Waals surface area (Å²) in [6.07, 6.45) is 7.14. The summed E-state index contributed by atoms with van der Waals surface area (Å²) in [5.74, 6) is 0. The molecule has 29 heavy (non-hydrogen) atoms. The van der Waals surface area contributed by atoms with Gasteiger partial charge in [-0.2, -0.15) is 22.5 Å². The average molecular weight is 420 g/mol. The Balaban J connectivity index is 1.58. The molecule has 2 atom stereocenters. The largest absolute Gasteiger partial charge is 0.377 e. The van der Waals surface area contributed by atoms with Gasteiger partial charge in [-0.25, -0.2) is 4.68 Å². The van der Waals surface area contributed by atoms with Gasteiger partial charge in [0.2, 0.25) is 0 Å². The molecular weight excluding hydrogens is 394 g/mol. The summed E-state index contributed by atoms with van der Waals surface area (Å²) < 4.78 is 36.9. The van der Waals surface area contributed by atoms with Crippen molar-refractivity contribution < 1.29 is 13.2 Å². The standard InChI is InChI=1S/C19H25N5O4S/c25-19-8-7-16(15-6-5-9-20-12-15)21-24(19)18-14-28-13-17(18)22-29(26,27)23-10-3-1-2-4-11-23/h5-9,12,17-18,22H,1-4,10-11,13-14H2. The molecule has 2 aliphatic heterocycles. The Bertz CT molecular complexity index is 987. The minimum Gasteiger partial charge on any atom is -0.377 e. The van der Waals surface area contributed by atoms with Crippen LogP contribution in [0.1, 0.15) is 31.7 Å².